The Hall–Kier alpha value is -4.38. The number of carbonyl (C=O) groups is 1. The summed E-state index contributed by atoms with van der Waals surface area (Å²) in [5.41, 5.74) is 2.82. The van der Waals surface area contributed by atoms with Crippen LogP contribution in [0.5, 0.6) is 0 Å². The fourth-order valence-corrected chi connectivity index (χ4v) is 5.46. The van der Waals surface area contributed by atoms with Crippen LogP contribution in [0.15, 0.2) is 66.1 Å². The predicted octanol–water partition coefficient (Wildman–Crippen LogP) is 6.05. The Bertz CT molecular complexity index is 1800. The molecule has 0 fully saturated rings. The Morgan fingerprint density at radius 1 is 1.10 bits per heavy atom. The fraction of sp³-hybridized carbons (Fsp3) is 0.250. The van der Waals surface area contributed by atoms with E-state index >= 15 is 0 Å². The van der Waals surface area contributed by atoms with Gasteiger partial charge in [0.25, 0.3) is 5.56 Å². The average molecular weight is 564 g/mol. The van der Waals surface area contributed by atoms with E-state index in [-0.39, 0.29) is 22.8 Å². The van der Waals surface area contributed by atoms with Crippen molar-refractivity contribution in [2.24, 2.45) is 5.92 Å². The number of nitrogens with one attached hydrogen (secondary N) is 2. The number of anilines is 1. The molecule has 5 aromatic rings. The molecular formula is C28H24ClF2N7O2. The van der Waals surface area contributed by atoms with E-state index in [0.29, 0.717) is 51.5 Å². The topological polar surface area (TPSA) is 110 Å². The van der Waals surface area contributed by atoms with Crippen molar-refractivity contribution in [3.05, 3.63) is 82.4 Å². The van der Waals surface area contributed by atoms with Crippen LogP contribution in [-0.4, -0.2) is 35.2 Å². The van der Waals surface area contributed by atoms with Crippen LogP contribution < -0.4 is 10.9 Å². The third kappa shape index (κ3) is 4.66. The summed E-state index contributed by atoms with van der Waals surface area (Å²) in [6, 6.07) is 9.61. The van der Waals surface area contributed by atoms with E-state index in [1.54, 1.807) is 31.3 Å². The van der Waals surface area contributed by atoms with Gasteiger partial charge in [0, 0.05) is 45.9 Å². The molecule has 2 N–H and O–H groups in total. The maximum Gasteiger partial charge on any atom is 0.333 e. The molecule has 0 saturated carbocycles. The van der Waals surface area contributed by atoms with Crippen LogP contribution in [-0.2, 0) is 4.79 Å². The molecule has 4 aromatic heterocycles. The van der Waals surface area contributed by atoms with E-state index < -0.39 is 18.5 Å². The molecule has 9 nitrogen and oxygen atoms in total. The van der Waals surface area contributed by atoms with Crippen molar-refractivity contribution in [2.45, 2.75) is 38.8 Å². The zero-order valence-corrected chi connectivity index (χ0v) is 22.1. The molecule has 0 radical (unpaired) electrons. The molecule has 5 heterocycles. The van der Waals surface area contributed by atoms with Crippen LogP contribution in [0.2, 0.25) is 5.02 Å². The van der Waals surface area contributed by atoms with E-state index in [2.05, 4.69) is 25.4 Å². The number of aromatic nitrogens is 6. The Morgan fingerprint density at radius 3 is 2.75 bits per heavy atom. The quantitative estimate of drug-likeness (QED) is 0.278. The molecule has 6 rings (SSSR count). The Labute approximate surface area is 231 Å². The second-order valence-corrected chi connectivity index (χ2v) is 10.3. The highest BCUT2D eigenvalue weighted by atomic mass is 35.5. The largest absolute Gasteiger partial charge is 0.361 e. The predicted molar refractivity (Wildman–Crippen MR) is 147 cm³/mol. The van der Waals surface area contributed by atoms with Crippen molar-refractivity contribution in [1.82, 2.24) is 29.3 Å². The standard InChI is InChI=1S/C28H24ClF2N7O2/c1-15-3-2-4-23(21-10-17(6-7-32-21)26-22(36-27(15)40)13-35-38(26)28(30)31)37-14-34-20(12-24(37)39)19-11-18(29)9-16-5-8-33-25(16)19/h5-15,23,28,33H,2-4H2,1H3,(H,36,40)/t15-,23+/m1/s1. The molecule has 12 heteroatoms. The lowest BCUT2D eigenvalue weighted by Crippen LogP contribution is -2.27. The molecule has 204 valence electrons. The van der Waals surface area contributed by atoms with E-state index in [1.165, 1.54) is 29.4 Å². The van der Waals surface area contributed by atoms with Gasteiger partial charge in [0.1, 0.15) is 0 Å². The lowest BCUT2D eigenvalue weighted by molar-refractivity contribution is -0.119. The minimum absolute atomic E-state index is 0.0651. The van der Waals surface area contributed by atoms with Crippen LogP contribution in [0.25, 0.3) is 33.4 Å². The van der Waals surface area contributed by atoms with Gasteiger partial charge in [0.05, 0.1) is 46.9 Å². The van der Waals surface area contributed by atoms with Crippen molar-refractivity contribution >= 4 is 34.1 Å². The minimum atomic E-state index is -2.92. The number of H-pyrrole nitrogens is 1. The molecule has 40 heavy (non-hydrogen) atoms. The number of pyridine rings is 1. The van der Waals surface area contributed by atoms with E-state index in [0.717, 1.165) is 10.9 Å². The number of carbonyl (C=O) groups excluding carboxylic acids is 1. The molecule has 2 atom stereocenters. The summed E-state index contributed by atoms with van der Waals surface area (Å²) in [6.45, 7) is -1.14. The van der Waals surface area contributed by atoms with Crippen LogP contribution in [0.4, 0.5) is 14.5 Å². The average Bonchev–Trinajstić information content (AvgIpc) is 3.57. The fourth-order valence-electron chi connectivity index (χ4n) is 5.23. The summed E-state index contributed by atoms with van der Waals surface area (Å²) >= 11 is 6.31. The Kier molecular flexibility index (Phi) is 6.67. The highest BCUT2D eigenvalue weighted by Crippen LogP contribution is 2.35. The number of halogens is 3. The lowest BCUT2D eigenvalue weighted by Gasteiger charge is -2.22. The highest BCUT2D eigenvalue weighted by molar-refractivity contribution is 6.31. The van der Waals surface area contributed by atoms with Crippen molar-refractivity contribution in [3.8, 4) is 22.5 Å². The number of amides is 1. The summed E-state index contributed by atoms with van der Waals surface area (Å²) in [4.78, 5) is 38.7. The molecule has 0 saturated heterocycles. The first-order valence-corrected chi connectivity index (χ1v) is 13.2. The zero-order valence-electron chi connectivity index (χ0n) is 21.3. The molecule has 0 aliphatic carbocycles. The summed E-state index contributed by atoms with van der Waals surface area (Å²) in [5, 5.41) is 7.98. The van der Waals surface area contributed by atoms with E-state index in [4.69, 9.17) is 11.6 Å². The van der Waals surface area contributed by atoms with Gasteiger partial charge in [-0.25, -0.2) is 9.67 Å². The molecule has 2 bridgehead atoms. The van der Waals surface area contributed by atoms with E-state index in [1.807, 2.05) is 12.1 Å². The van der Waals surface area contributed by atoms with Crippen molar-refractivity contribution in [1.29, 1.82) is 0 Å². The number of benzene rings is 1. The normalized spacial score (nSPS) is 17.8. The maximum atomic E-state index is 13.9. The van der Waals surface area contributed by atoms with Gasteiger partial charge < -0.3 is 10.3 Å². The molecular weight excluding hydrogens is 540 g/mol. The first-order valence-electron chi connectivity index (χ1n) is 12.8. The molecule has 1 aliphatic heterocycles. The number of fused-ring (bicyclic) bond motifs is 5. The van der Waals surface area contributed by atoms with Crippen LogP contribution in [0.1, 0.15) is 44.5 Å². The number of hydrogen-bond acceptors (Lipinski definition) is 5. The van der Waals surface area contributed by atoms with Crippen molar-refractivity contribution in [3.63, 3.8) is 0 Å². The second kappa shape index (κ2) is 10.3. The monoisotopic (exact) mass is 563 g/mol. The highest BCUT2D eigenvalue weighted by Gasteiger charge is 2.26. The van der Waals surface area contributed by atoms with Gasteiger partial charge in [0.15, 0.2) is 0 Å². The molecule has 1 amide bonds. The van der Waals surface area contributed by atoms with Gasteiger partial charge in [-0.05, 0) is 43.2 Å². The van der Waals surface area contributed by atoms with E-state index in [9.17, 15) is 18.4 Å². The summed E-state index contributed by atoms with van der Waals surface area (Å²) < 4.78 is 29.8. The van der Waals surface area contributed by atoms with Crippen molar-refractivity contribution in [2.75, 3.05) is 5.32 Å². The van der Waals surface area contributed by atoms with Gasteiger partial charge in [-0.3, -0.25) is 19.1 Å². The summed E-state index contributed by atoms with van der Waals surface area (Å²) in [7, 11) is 0. The van der Waals surface area contributed by atoms with Gasteiger partial charge >= 0.3 is 6.55 Å². The molecule has 1 aliphatic rings. The first-order chi connectivity index (χ1) is 19.3. The number of nitrogens with zero attached hydrogens (tertiary/aromatic N) is 5. The molecule has 0 unspecified atom stereocenters. The van der Waals surface area contributed by atoms with Gasteiger partial charge in [0.2, 0.25) is 5.91 Å². The number of aromatic amines is 1. The maximum absolute atomic E-state index is 13.9. The van der Waals surface area contributed by atoms with Gasteiger partial charge in [-0.2, -0.15) is 13.9 Å². The lowest BCUT2D eigenvalue weighted by atomic mass is 9.97. The zero-order chi connectivity index (χ0) is 28.0. The Balaban J connectivity index is 1.46. The van der Waals surface area contributed by atoms with Crippen LogP contribution >= 0.6 is 11.6 Å². The third-order valence-electron chi connectivity index (χ3n) is 7.27. The van der Waals surface area contributed by atoms with Crippen molar-refractivity contribution < 1.29 is 13.6 Å². The number of hydrogen-bond donors (Lipinski definition) is 2. The summed E-state index contributed by atoms with van der Waals surface area (Å²) in [6.07, 6.45) is 7.60. The van der Waals surface area contributed by atoms with Gasteiger partial charge in [-0.15, -0.1) is 0 Å². The SMILES string of the molecule is C[C@@H]1CCC[C@H](n2cnc(-c3cc(Cl)cc4cc[nH]c34)cc2=O)c2cc(ccn2)-c2c(cnn2C(F)F)NC1=O. The smallest absolute Gasteiger partial charge is 0.333 e. The van der Waals surface area contributed by atoms with Crippen LogP contribution in [0, 0.1) is 5.92 Å². The number of rotatable bonds is 3. The Morgan fingerprint density at radius 2 is 1.95 bits per heavy atom. The second-order valence-electron chi connectivity index (χ2n) is 9.85. The third-order valence-corrected chi connectivity index (χ3v) is 7.49. The number of alkyl halides is 2. The first kappa shape index (κ1) is 25.9. The minimum Gasteiger partial charge on any atom is -0.361 e. The molecule has 1 aromatic carbocycles. The molecule has 0 spiro atoms. The summed E-state index contributed by atoms with van der Waals surface area (Å²) in [5.74, 6) is -0.681. The van der Waals surface area contributed by atoms with Gasteiger partial charge in [-0.1, -0.05) is 24.9 Å². The van der Waals surface area contributed by atoms with Crippen LogP contribution in [0.3, 0.4) is 0 Å².